The minimum Gasteiger partial charge on any atom is -0.355 e. The molecule has 1 aromatic rings. The van der Waals surface area contributed by atoms with Gasteiger partial charge in [0.05, 0.1) is 0 Å². The molecule has 0 atom stereocenters. The largest absolute Gasteiger partial charge is 0.355 e. The number of aliphatic imine (C=N–C) groups is 1. The molecule has 0 aliphatic heterocycles. The zero-order valence-electron chi connectivity index (χ0n) is 13.9. The van der Waals surface area contributed by atoms with Gasteiger partial charge in [-0.3, -0.25) is 4.99 Å². The number of hydrogen-bond donors (Lipinski definition) is 1. The number of thiophene rings is 1. The molecule has 1 aromatic heterocycles. The molecule has 1 heterocycles. The topological polar surface area (TPSA) is 30.9 Å². The lowest BCUT2D eigenvalue weighted by Crippen LogP contribution is -2.43. The molecule has 0 aromatic carbocycles. The predicted octanol–water partition coefficient (Wildman–Crippen LogP) is 2.53. The Balaban J connectivity index is 2.29. The maximum Gasteiger partial charge on any atom is 0.193 e. The van der Waals surface area contributed by atoms with Crippen molar-refractivity contribution in [1.29, 1.82) is 0 Å². The van der Waals surface area contributed by atoms with E-state index in [2.05, 4.69) is 58.5 Å². The molecule has 1 rings (SSSR count). The molecule has 0 aliphatic carbocycles. The molecule has 0 saturated heterocycles. The second-order valence-electron chi connectivity index (χ2n) is 5.16. The molecule has 0 radical (unpaired) electrons. The summed E-state index contributed by atoms with van der Waals surface area (Å²) in [6.45, 7) is 9.75. The van der Waals surface area contributed by atoms with Crippen molar-refractivity contribution in [3.63, 3.8) is 0 Å². The third-order valence-electron chi connectivity index (χ3n) is 3.55. The third-order valence-corrected chi connectivity index (χ3v) is 4.48. The third kappa shape index (κ3) is 6.96. The average Bonchev–Trinajstić information content (AvgIpc) is 3.01. The van der Waals surface area contributed by atoms with E-state index in [4.69, 9.17) is 0 Å². The Kier molecular flexibility index (Phi) is 9.10. The number of rotatable bonds is 9. The highest BCUT2D eigenvalue weighted by Crippen LogP contribution is 2.09. The molecule has 0 fully saturated rings. The molecular weight excluding hydrogens is 280 g/mol. The Morgan fingerprint density at radius 2 is 2.10 bits per heavy atom. The minimum absolute atomic E-state index is 0.948. The molecule has 0 aliphatic rings. The highest BCUT2D eigenvalue weighted by Gasteiger charge is 2.07. The van der Waals surface area contributed by atoms with Crippen LogP contribution in [0, 0.1) is 0 Å². The highest BCUT2D eigenvalue weighted by molar-refractivity contribution is 7.09. The molecular formula is C16H30N4S. The van der Waals surface area contributed by atoms with E-state index in [1.807, 2.05) is 18.4 Å². The van der Waals surface area contributed by atoms with Gasteiger partial charge in [-0.1, -0.05) is 19.9 Å². The van der Waals surface area contributed by atoms with Gasteiger partial charge in [0, 0.05) is 38.6 Å². The first-order valence-electron chi connectivity index (χ1n) is 7.87. The normalized spacial score (nSPS) is 12.0. The van der Waals surface area contributed by atoms with Crippen LogP contribution in [0.1, 0.15) is 25.1 Å². The van der Waals surface area contributed by atoms with Crippen molar-refractivity contribution in [2.75, 3.05) is 46.8 Å². The van der Waals surface area contributed by atoms with Crippen LogP contribution in [0.2, 0.25) is 0 Å². The van der Waals surface area contributed by atoms with Crippen LogP contribution < -0.4 is 5.32 Å². The van der Waals surface area contributed by atoms with Gasteiger partial charge in [-0.25, -0.2) is 0 Å². The van der Waals surface area contributed by atoms with Crippen LogP contribution in [-0.2, 0) is 6.42 Å². The van der Waals surface area contributed by atoms with E-state index in [1.54, 1.807) is 0 Å². The monoisotopic (exact) mass is 310 g/mol. The Morgan fingerprint density at radius 3 is 2.67 bits per heavy atom. The summed E-state index contributed by atoms with van der Waals surface area (Å²) in [6.07, 6.45) is 2.29. The maximum absolute atomic E-state index is 4.37. The standard InChI is InChI=1S/C16H30N4S/c1-5-11-20(6-2)13-10-18-16(17-3)19(4)12-9-15-8-7-14-21-15/h7-8,14H,5-6,9-13H2,1-4H3,(H,17,18). The van der Waals surface area contributed by atoms with Crippen molar-refractivity contribution in [1.82, 2.24) is 15.1 Å². The Labute approximate surface area is 133 Å². The van der Waals surface area contributed by atoms with Gasteiger partial charge in [-0.15, -0.1) is 11.3 Å². The lowest BCUT2D eigenvalue weighted by Gasteiger charge is -2.24. The van der Waals surface area contributed by atoms with Crippen molar-refractivity contribution in [2.24, 2.45) is 4.99 Å². The first-order chi connectivity index (χ1) is 10.2. The summed E-state index contributed by atoms with van der Waals surface area (Å²) in [5.41, 5.74) is 0. The quantitative estimate of drug-likeness (QED) is 0.562. The minimum atomic E-state index is 0.948. The smallest absolute Gasteiger partial charge is 0.193 e. The number of hydrogen-bond acceptors (Lipinski definition) is 3. The summed E-state index contributed by atoms with van der Waals surface area (Å²) in [6, 6.07) is 4.30. The Hall–Kier alpha value is -1.07. The summed E-state index contributed by atoms with van der Waals surface area (Å²) in [7, 11) is 3.96. The van der Waals surface area contributed by atoms with E-state index in [1.165, 1.54) is 17.8 Å². The number of nitrogens with one attached hydrogen (secondary N) is 1. The van der Waals surface area contributed by atoms with Crippen molar-refractivity contribution in [2.45, 2.75) is 26.7 Å². The summed E-state index contributed by atoms with van der Waals surface area (Å²) in [4.78, 5) is 10.5. The van der Waals surface area contributed by atoms with Gasteiger partial charge in [-0.2, -0.15) is 0 Å². The van der Waals surface area contributed by atoms with Gasteiger partial charge in [0.2, 0.25) is 0 Å². The zero-order valence-corrected chi connectivity index (χ0v) is 14.7. The maximum atomic E-state index is 4.37. The van der Waals surface area contributed by atoms with Crippen LogP contribution in [0.5, 0.6) is 0 Å². The van der Waals surface area contributed by atoms with Crippen molar-refractivity contribution in [3.05, 3.63) is 22.4 Å². The highest BCUT2D eigenvalue weighted by atomic mass is 32.1. The Morgan fingerprint density at radius 1 is 1.29 bits per heavy atom. The van der Waals surface area contributed by atoms with Crippen molar-refractivity contribution < 1.29 is 0 Å². The lowest BCUT2D eigenvalue weighted by atomic mass is 10.3. The van der Waals surface area contributed by atoms with E-state index in [-0.39, 0.29) is 0 Å². The van der Waals surface area contributed by atoms with Gasteiger partial charge in [0.15, 0.2) is 5.96 Å². The molecule has 5 heteroatoms. The molecule has 120 valence electrons. The fourth-order valence-corrected chi connectivity index (χ4v) is 2.99. The summed E-state index contributed by atoms with van der Waals surface area (Å²) in [5, 5.41) is 5.59. The van der Waals surface area contributed by atoms with E-state index in [9.17, 15) is 0 Å². The molecule has 0 bridgehead atoms. The van der Waals surface area contributed by atoms with Gasteiger partial charge < -0.3 is 15.1 Å². The molecule has 4 nitrogen and oxygen atoms in total. The van der Waals surface area contributed by atoms with Crippen LogP contribution in [-0.4, -0.2) is 62.6 Å². The van der Waals surface area contributed by atoms with Crippen LogP contribution in [0.3, 0.4) is 0 Å². The first kappa shape index (κ1) is 18.0. The number of guanidine groups is 1. The summed E-state index contributed by atoms with van der Waals surface area (Å²) < 4.78 is 0. The molecule has 21 heavy (non-hydrogen) atoms. The SMILES string of the molecule is CCCN(CC)CCNC(=NC)N(C)CCc1cccs1. The molecule has 0 saturated carbocycles. The van der Waals surface area contributed by atoms with Crippen LogP contribution in [0.15, 0.2) is 22.5 Å². The lowest BCUT2D eigenvalue weighted by molar-refractivity contribution is 0.291. The van der Waals surface area contributed by atoms with E-state index in [0.717, 1.165) is 38.6 Å². The summed E-state index contributed by atoms with van der Waals surface area (Å²) >= 11 is 1.82. The van der Waals surface area contributed by atoms with Gasteiger partial charge in [0.25, 0.3) is 0 Å². The van der Waals surface area contributed by atoms with Gasteiger partial charge in [0.1, 0.15) is 0 Å². The number of likely N-dealkylation sites (N-methyl/N-ethyl adjacent to an activating group) is 2. The Bertz CT molecular complexity index is 389. The van der Waals surface area contributed by atoms with E-state index in [0.29, 0.717) is 0 Å². The molecule has 1 N–H and O–H groups in total. The van der Waals surface area contributed by atoms with E-state index < -0.39 is 0 Å². The molecule has 0 unspecified atom stereocenters. The van der Waals surface area contributed by atoms with Gasteiger partial charge in [-0.05, 0) is 37.4 Å². The molecule has 0 spiro atoms. The number of nitrogens with zero attached hydrogens (tertiary/aromatic N) is 3. The fraction of sp³-hybridized carbons (Fsp3) is 0.688. The second kappa shape index (κ2) is 10.6. The fourth-order valence-electron chi connectivity index (χ4n) is 2.29. The first-order valence-corrected chi connectivity index (χ1v) is 8.75. The van der Waals surface area contributed by atoms with Crippen molar-refractivity contribution >= 4 is 17.3 Å². The van der Waals surface area contributed by atoms with Crippen LogP contribution in [0.25, 0.3) is 0 Å². The van der Waals surface area contributed by atoms with Crippen LogP contribution >= 0.6 is 11.3 Å². The second-order valence-corrected chi connectivity index (χ2v) is 6.19. The molecule has 0 amide bonds. The average molecular weight is 311 g/mol. The van der Waals surface area contributed by atoms with Crippen molar-refractivity contribution in [3.8, 4) is 0 Å². The van der Waals surface area contributed by atoms with E-state index >= 15 is 0 Å². The zero-order chi connectivity index (χ0) is 15.5. The summed E-state index contributed by atoms with van der Waals surface area (Å²) in [5.74, 6) is 0.985. The van der Waals surface area contributed by atoms with Gasteiger partial charge >= 0.3 is 0 Å². The predicted molar refractivity (Wildman–Crippen MR) is 94.4 cm³/mol. The van der Waals surface area contributed by atoms with Crippen LogP contribution in [0.4, 0.5) is 0 Å².